The average molecular weight is 417 g/mol. The summed E-state index contributed by atoms with van der Waals surface area (Å²) in [6.07, 6.45) is 3.03. The second-order valence-corrected chi connectivity index (χ2v) is 8.03. The van der Waals surface area contributed by atoms with Crippen molar-refractivity contribution in [1.82, 2.24) is 10.2 Å². The normalized spacial score (nSPS) is 15.8. The molecule has 1 N–H and O–H groups in total. The molecular weight excluding hydrogens is 388 g/mol. The van der Waals surface area contributed by atoms with Crippen LogP contribution in [-0.4, -0.2) is 43.0 Å². The van der Waals surface area contributed by atoms with Gasteiger partial charge in [-0.3, -0.25) is 9.59 Å². The molecule has 5 heteroatoms. The van der Waals surface area contributed by atoms with E-state index in [0.29, 0.717) is 0 Å². The molecule has 0 radical (unpaired) electrons. The lowest BCUT2D eigenvalue weighted by molar-refractivity contribution is -0.133. The van der Waals surface area contributed by atoms with E-state index in [1.807, 2.05) is 65.6 Å². The van der Waals surface area contributed by atoms with Gasteiger partial charge < -0.3 is 15.0 Å². The molecule has 1 unspecified atom stereocenters. The number of carbonyl (C=O) groups is 2. The van der Waals surface area contributed by atoms with Gasteiger partial charge >= 0.3 is 0 Å². The molecular formula is C26H28N2O3. The highest BCUT2D eigenvalue weighted by Crippen LogP contribution is 2.23. The predicted molar refractivity (Wildman–Crippen MR) is 122 cm³/mol. The number of carbonyl (C=O) groups excluding carboxylic acids is 2. The summed E-state index contributed by atoms with van der Waals surface area (Å²) in [5.74, 6) is 0.680. The fourth-order valence-corrected chi connectivity index (χ4v) is 4.41. The number of amides is 2. The third-order valence-electron chi connectivity index (χ3n) is 5.97. The van der Waals surface area contributed by atoms with Crippen molar-refractivity contribution in [2.75, 3.05) is 20.2 Å². The van der Waals surface area contributed by atoms with Crippen molar-refractivity contribution in [2.24, 2.45) is 0 Å². The largest absolute Gasteiger partial charge is 0.497 e. The molecule has 160 valence electrons. The summed E-state index contributed by atoms with van der Waals surface area (Å²) >= 11 is 0. The molecule has 5 nitrogen and oxygen atoms in total. The quantitative estimate of drug-likeness (QED) is 0.638. The van der Waals surface area contributed by atoms with Crippen LogP contribution in [0, 0.1) is 0 Å². The van der Waals surface area contributed by atoms with Crippen molar-refractivity contribution >= 4 is 22.6 Å². The van der Waals surface area contributed by atoms with Crippen molar-refractivity contribution in [3.8, 4) is 5.75 Å². The van der Waals surface area contributed by atoms with Gasteiger partial charge in [-0.1, -0.05) is 54.6 Å². The molecule has 0 saturated carbocycles. The van der Waals surface area contributed by atoms with Gasteiger partial charge in [-0.15, -0.1) is 0 Å². The van der Waals surface area contributed by atoms with Gasteiger partial charge in [0.1, 0.15) is 5.75 Å². The maximum atomic E-state index is 12.8. The zero-order valence-corrected chi connectivity index (χ0v) is 17.8. The van der Waals surface area contributed by atoms with E-state index in [0.717, 1.165) is 53.5 Å². The minimum atomic E-state index is -0.131. The first-order valence-corrected chi connectivity index (χ1v) is 10.8. The molecule has 1 aliphatic heterocycles. The predicted octanol–water partition coefficient (Wildman–Crippen LogP) is 3.74. The van der Waals surface area contributed by atoms with Gasteiger partial charge in [-0.05, 0) is 53.3 Å². The topological polar surface area (TPSA) is 58.6 Å². The van der Waals surface area contributed by atoms with Crippen LogP contribution in [0.4, 0.5) is 0 Å². The van der Waals surface area contributed by atoms with Crippen LogP contribution in [0.1, 0.15) is 24.0 Å². The Morgan fingerprint density at radius 3 is 2.74 bits per heavy atom. The Kier molecular flexibility index (Phi) is 6.51. The first-order chi connectivity index (χ1) is 15.1. The summed E-state index contributed by atoms with van der Waals surface area (Å²) in [4.78, 5) is 27.3. The van der Waals surface area contributed by atoms with E-state index < -0.39 is 0 Å². The molecule has 1 aliphatic rings. The van der Waals surface area contributed by atoms with E-state index in [4.69, 9.17) is 4.74 Å². The number of likely N-dealkylation sites (tertiary alicyclic amines) is 1. The minimum Gasteiger partial charge on any atom is -0.497 e. The Morgan fingerprint density at radius 2 is 1.87 bits per heavy atom. The van der Waals surface area contributed by atoms with Gasteiger partial charge in [0.2, 0.25) is 11.8 Å². The number of hydrogen-bond donors (Lipinski definition) is 1. The van der Waals surface area contributed by atoms with Crippen molar-refractivity contribution in [3.05, 3.63) is 77.9 Å². The zero-order valence-electron chi connectivity index (χ0n) is 17.8. The molecule has 3 aromatic carbocycles. The highest BCUT2D eigenvalue weighted by atomic mass is 16.5. The molecule has 31 heavy (non-hydrogen) atoms. The van der Waals surface area contributed by atoms with Crippen LogP contribution < -0.4 is 10.1 Å². The third kappa shape index (κ3) is 5.05. The molecule has 1 atom stereocenters. The van der Waals surface area contributed by atoms with E-state index in [1.165, 1.54) is 0 Å². The summed E-state index contributed by atoms with van der Waals surface area (Å²) < 4.78 is 5.31. The van der Waals surface area contributed by atoms with E-state index in [2.05, 4.69) is 11.4 Å². The summed E-state index contributed by atoms with van der Waals surface area (Å²) in [5.41, 5.74) is 2.13. The van der Waals surface area contributed by atoms with E-state index >= 15 is 0 Å². The van der Waals surface area contributed by atoms with Gasteiger partial charge in [0, 0.05) is 12.6 Å². The number of fused-ring (bicyclic) bond motifs is 1. The van der Waals surface area contributed by atoms with E-state index in [1.54, 1.807) is 7.11 Å². The van der Waals surface area contributed by atoms with Crippen LogP contribution in [0.25, 0.3) is 10.8 Å². The first kappa shape index (κ1) is 20.9. The summed E-state index contributed by atoms with van der Waals surface area (Å²) in [5, 5.41) is 5.01. The molecule has 0 aromatic heterocycles. The lowest BCUT2D eigenvalue weighted by Crippen LogP contribution is -2.43. The van der Waals surface area contributed by atoms with Crippen LogP contribution in [0.5, 0.6) is 5.75 Å². The fourth-order valence-electron chi connectivity index (χ4n) is 4.41. The number of nitrogens with zero attached hydrogens (tertiary/aromatic N) is 1. The number of nitrogens with one attached hydrogen (secondary N) is 1. The lowest BCUT2D eigenvalue weighted by Gasteiger charge is -2.25. The van der Waals surface area contributed by atoms with Crippen LogP contribution in [0.15, 0.2) is 66.7 Å². The molecule has 1 saturated heterocycles. The molecule has 1 heterocycles. The Morgan fingerprint density at radius 1 is 1.06 bits per heavy atom. The Hall–Kier alpha value is -3.34. The number of ether oxygens (including phenoxy) is 1. The second kappa shape index (κ2) is 9.65. The van der Waals surface area contributed by atoms with Gasteiger partial charge in [0.25, 0.3) is 0 Å². The number of hydrogen-bond acceptors (Lipinski definition) is 3. The minimum absolute atomic E-state index is 0.0170. The number of benzene rings is 3. The van der Waals surface area contributed by atoms with E-state index in [-0.39, 0.29) is 30.8 Å². The molecule has 1 fully saturated rings. The van der Waals surface area contributed by atoms with Crippen molar-refractivity contribution in [2.45, 2.75) is 31.7 Å². The molecule has 0 spiro atoms. The smallest absolute Gasteiger partial charge is 0.242 e. The summed E-state index contributed by atoms with van der Waals surface area (Å²) in [6, 6.07) is 22.1. The number of rotatable bonds is 7. The average Bonchev–Trinajstić information content (AvgIpc) is 3.26. The highest BCUT2D eigenvalue weighted by Gasteiger charge is 2.28. The Labute approximate surface area is 183 Å². The Bertz CT molecular complexity index is 1070. The lowest BCUT2D eigenvalue weighted by atomic mass is 10.0. The fraction of sp³-hybridized carbons (Fsp3) is 0.308. The standard InChI is InChI=1S/C26H28N2O3/c1-31-23-12-4-7-19(16-23)15-22-11-6-14-28(22)26(30)18-27-25(29)17-21-10-5-9-20-8-2-3-13-24(20)21/h2-5,7-10,12-13,16,22H,6,11,14-15,17-18H2,1H3,(H,27,29). The van der Waals surface area contributed by atoms with Crippen LogP contribution in [0.3, 0.4) is 0 Å². The molecule has 4 rings (SSSR count). The SMILES string of the molecule is COc1cccc(CC2CCCN2C(=O)CNC(=O)Cc2cccc3ccccc23)c1. The van der Waals surface area contributed by atoms with Gasteiger partial charge in [-0.2, -0.15) is 0 Å². The third-order valence-corrected chi connectivity index (χ3v) is 5.97. The van der Waals surface area contributed by atoms with Gasteiger partial charge in [0.05, 0.1) is 20.1 Å². The molecule has 2 amide bonds. The number of methoxy groups -OCH3 is 1. The monoisotopic (exact) mass is 416 g/mol. The van der Waals surface area contributed by atoms with Crippen LogP contribution >= 0.6 is 0 Å². The Balaban J connectivity index is 1.33. The van der Waals surface area contributed by atoms with Crippen molar-refractivity contribution in [1.29, 1.82) is 0 Å². The molecule has 0 bridgehead atoms. The molecule has 0 aliphatic carbocycles. The van der Waals surface area contributed by atoms with E-state index in [9.17, 15) is 9.59 Å². The second-order valence-electron chi connectivity index (χ2n) is 8.03. The highest BCUT2D eigenvalue weighted by molar-refractivity contribution is 5.91. The van der Waals surface area contributed by atoms with Crippen LogP contribution in [0.2, 0.25) is 0 Å². The van der Waals surface area contributed by atoms with Gasteiger partial charge in [-0.25, -0.2) is 0 Å². The summed E-state index contributed by atoms with van der Waals surface area (Å²) in [7, 11) is 1.66. The van der Waals surface area contributed by atoms with Crippen molar-refractivity contribution < 1.29 is 14.3 Å². The maximum absolute atomic E-state index is 12.8. The zero-order chi connectivity index (χ0) is 21.6. The van der Waals surface area contributed by atoms with Crippen LogP contribution in [-0.2, 0) is 22.4 Å². The summed E-state index contributed by atoms with van der Waals surface area (Å²) in [6.45, 7) is 0.783. The molecule has 3 aromatic rings. The van der Waals surface area contributed by atoms with Crippen molar-refractivity contribution in [3.63, 3.8) is 0 Å². The maximum Gasteiger partial charge on any atom is 0.242 e. The van der Waals surface area contributed by atoms with Gasteiger partial charge in [0.15, 0.2) is 0 Å². The first-order valence-electron chi connectivity index (χ1n) is 10.8.